The van der Waals surface area contributed by atoms with Crippen LogP contribution in [0.15, 0.2) is 72.8 Å². The molecule has 1 aliphatic heterocycles. The second-order valence-electron chi connectivity index (χ2n) is 7.64. The number of halogens is 2. The minimum Gasteiger partial charge on any atom is -0.489 e. The molecule has 0 unspecified atom stereocenters. The van der Waals surface area contributed by atoms with Crippen LogP contribution in [0.3, 0.4) is 0 Å². The van der Waals surface area contributed by atoms with Gasteiger partial charge < -0.3 is 9.64 Å². The molecule has 1 fully saturated rings. The fourth-order valence-corrected chi connectivity index (χ4v) is 3.84. The lowest BCUT2D eigenvalue weighted by molar-refractivity contribution is 0.0628. The third-order valence-electron chi connectivity index (χ3n) is 5.35. The van der Waals surface area contributed by atoms with Crippen LogP contribution >= 0.6 is 11.6 Å². The van der Waals surface area contributed by atoms with E-state index < -0.39 is 0 Å². The summed E-state index contributed by atoms with van der Waals surface area (Å²) in [5.74, 6) is 0.506. The van der Waals surface area contributed by atoms with Crippen LogP contribution in [0.4, 0.5) is 4.39 Å². The summed E-state index contributed by atoms with van der Waals surface area (Å²) in [7, 11) is 0. The predicted octanol–water partition coefficient (Wildman–Crippen LogP) is 5.02. The number of ether oxygens (including phenoxy) is 1. The second kappa shape index (κ2) is 9.94. The zero-order chi connectivity index (χ0) is 21.6. The molecule has 3 aromatic rings. The normalized spacial score (nSPS) is 14.5. The third-order valence-corrected chi connectivity index (χ3v) is 5.59. The Morgan fingerprint density at radius 2 is 1.65 bits per heavy atom. The van der Waals surface area contributed by atoms with Crippen molar-refractivity contribution < 1.29 is 13.9 Å². The van der Waals surface area contributed by atoms with Crippen molar-refractivity contribution in [3.63, 3.8) is 0 Å². The molecule has 1 aliphatic rings. The summed E-state index contributed by atoms with van der Waals surface area (Å²) in [5, 5.41) is 0.625. The van der Waals surface area contributed by atoms with Gasteiger partial charge in [0.15, 0.2) is 0 Å². The number of carbonyl (C=O) groups excluding carboxylic acids is 1. The average Bonchev–Trinajstić information content (AvgIpc) is 2.79. The fraction of sp³-hybridized carbons (Fsp3) is 0.240. The molecule has 1 amide bonds. The molecule has 0 bridgehead atoms. The van der Waals surface area contributed by atoms with E-state index in [0.717, 1.165) is 30.8 Å². The maximum absolute atomic E-state index is 13.1. The molecule has 0 aliphatic carbocycles. The van der Waals surface area contributed by atoms with E-state index in [-0.39, 0.29) is 11.7 Å². The largest absolute Gasteiger partial charge is 0.489 e. The second-order valence-corrected chi connectivity index (χ2v) is 8.08. The number of rotatable bonds is 6. The Bertz CT molecular complexity index is 1030. The van der Waals surface area contributed by atoms with Crippen molar-refractivity contribution in [1.29, 1.82) is 0 Å². The Morgan fingerprint density at radius 1 is 0.903 bits per heavy atom. The van der Waals surface area contributed by atoms with Gasteiger partial charge in [-0.2, -0.15) is 0 Å². The van der Waals surface area contributed by atoms with Gasteiger partial charge in [-0.3, -0.25) is 9.69 Å². The SMILES string of the molecule is O=C(c1cccc(COc2cccc(Cl)c2)c1)N1CCN(Cc2ccc(F)cc2)CC1. The third kappa shape index (κ3) is 5.84. The van der Waals surface area contributed by atoms with Crippen LogP contribution in [0.2, 0.25) is 5.02 Å². The lowest BCUT2D eigenvalue weighted by Crippen LogP contribution is -2.48. The monoisotopic (exact) mass is 438 g/mol. The Labute approximate surface area is 186 Å². The summed E-state index contributed by atoms with van der Waals surface area (Å²) in [6.07, 6.45) is 0. The van der Waals surface area contributed by atoms with Crippen LogP contribution in [0, 0.1) is 5.82 Å². The summed E-state index contributed by atoms with van der Waals surface area (Å²) in [5.41, 5.74) is 2.67. The maximum atomic E-state index is 13.1. The van der Waals surface area contributed by atoms with Crippen molar-refractivity contribution in [2.24, 2.45) is 0 Å². The Morgan fingerprint density at radius 3 is 2.39 bits per heavy atom. The molecule has 0 N–H and O–H groups in total. The number of benzene rings is 3. The zero-order valence-corrected chi connectivity index (χ0v) is 17.9. The van der Waals surface area contributed by atoms with Gasteiger partial charge in [0.05, 0.1) is 0 Å². The van der Waals surface area contributed by atoms with Gasteiger partial charge in [0.2, 0.25) is 0 Å². The van der Waals surface area contributed by atoms with Gasteiger partial charge in [-0.1, -0.05) is 41.9 Å². The molecule has 4 rings (SSSR count). The summed E-state index contributed by atoms with van der Waals surface area (Å²) in [6, 6.07) is 21.4. The number of piperazine rings is 1. The van der Waals surface area contributed by atoms with Crippen molar-refractivity contribution in [1.82, 2.24) is 9.80 Å². The van der Waals surface area contributed by atoms with Crippen molar-refractivity contribution in [2.45, 2.75) is 13.2 Å². The molecule has 0 aromatic heterocycles. The molecule has 6 heteroatoms. The quantitative estimate of drug-likeness (QED) is 0.542. The molecule has 3 aromatic carbocycles. The highest BCUT2D eigenvalue weighted by Gasteiger charge is 2.22. The topological polar surface area (TPSA) is 32.8 Å². The minimum atomic E-state index is -0.223. The van der Waals surface area contributed by atoms with Crippen LogP contribution in [-0.4, -0.2) is 41.9 Å². The summed E-state index contributed by atoms with van der Waals surface area (Å²) in [6.45, 7) is 4.06. The van der Waals surface area contributed by atoms with E-state index in [2.05, 4.69) is 4.90 Å². The van der Waals surface area contributed by atoms with Crippen LogP contribution < -0.4 is 4.74 Å². The molecule has 1 heterocycles. The standard InChI is InChI=1S/C25H24ClFN2O2/c26-22-5-2-6-24(16-22)31-18-20-3-1-4-21(15-20)25(30)29-13-11-28(12-14-29)17-19-7-9-23(27)10-8-19/h1-10,15-16H,11-14,17-18H2. The van der Waals surface area contributed by atoms with Crippen molar-refractivity contribution in [2.75, 3.05) is 26.2 Å². The van der Waals surface area contributed by atoms with E-state index >= 15 is 0 Å². The zero-order valence-electron chi connectivity index (χ0n) is 17.1. The van der Waals surface area contributed by atoms with E-state index in [1.165, 1.54) is 12.1 Å². The number of hydrogen-bond donors (Lipinski definition) is 0. The highest BCUT2D eigenvalue weighted by atomic mass is 35.5. The van der Waals surface area contributed by atoms with Gasteiger partial charge in [-0.25, -0.2) is 4.39 Å². The van der Waals surface area contributed by atoms with Gasteiger partial charge >= 0.3 is 0 Å². The van der Waals surface area contributed by atoms with E-state index in [9.17, 15) is 9.18 Å². The van der Waals surface area contributed by atoms with Crippen molar-refractivity contribution in [3.05, 3.63) is 100 Å². The minimum absolute atomic E-state index is 0.0334. The first-order valence-corrected chi connectivity index (χ1v) is 10.7. The summed E-state index contributed by atoms with van der Waals surface area (Å²) >= 11 is 5.99. The first-order valence-electron chi connectivity index (χ1n) is 10.3. The lowest BCUT2D eigenvalue weighted by atomic mass is 10.1. The molecule has 160 valence electrons. The van der Waals surface area contributed by atoms with Gasteiger partial charge in [0.1, 0.15) is 18.2 Å². The first kappa shape index (κ1) is 21.3. The van der Waals surface area contributed by atoms with Crippen LogP contribution in [0.1, 0.15) is 21.5 Å². The van der Waals surface area contributed by atoms with E-state index in [1.807, 2.05) is 53.4 Å². The fourth-order valence-electron chi connectivity index (χ4n) is 3.66. The maximum Gasteiger partial charge on any atom is 0.253 e. The van der Waals surface area contributed by atoms with Gasteiger partial charge in [0, 0.05) is 43.3 Å². The van der Waals surface area contributed by atoms with Gasteiger partial charge in [0.25, 0.3) is 5.91 Å². The van der Waals surface area contributed by atoms with E-state index in [0.29, 0.717) is 36.0 Å². The highest BCUT2D eigenvalue weighted by molar-refractivity contribution is 6.30. The molecule has 0 radical (unpaired) electrons. The molecule has 4 nitrogen and oxygen atoms in total. The molecular formula is C25H24ClFN2O2. The smallest absolute Gasteiger partial charge is 0.253 e. The molecular weight excluding hydrogens is 415 g/mol. The lowest BCUT2D eigenvalue weighted by Gasteiger charge is -2.34. The van der Waals surface area contributed by atoms with E-state index in [1.54, 1.807) is 12.1 Å². The molecule has 31 heavy (non-hydrogen) atoms. The average molecular weight is 439 g/mol. The van der Waals surface area contributed by atoms with Crippen molar-refractivity contribution in [3.8, 4) is 5.75 Å². The number of nitrogens with zero attached hydrogens (tertiary/aromatic N) is 2. The van der Waals surface area contributed by atoms with E-state index in [4.69, 9.17) is 16.3 Å². The van der Waals surface area contributed by atoms with Crippen LogP contribution in [-0.2, 0) is 13.2 Å². The van der Waals surface area contributed by atoms with Crippen molar-refractivity contribution >= 4 is 17.5 Å². The molecule has 1 saturated heterocycles. The van der Waals surface area contributed by atoms with Crippen LogP contribution in [0.25, 0.3) is 0 Å². The molecule has 0 atom stereocenters. The molecule has 0 spiro atoms. The van der Waals surface area contributed by atoms with Crippen LogP contribution in [0.5, 0.6) is 5.75 Å². The summed E-state index contributed by atoms with van der Waals surface area (Å²) in [4.78, 5) is 17.2. The highest BCUT2D eigenvalue weighted by Crippen LogP contribution is 2.19. The first-order chi connectivity index (χ1) is 15.1. The Balaban J connectivity index is 1.31. The van der Waals surface area contributed by atoms with Gasteiger partial charge in [-0.15, -0.1) is 0 Å². The number of carbonyl (C=O) groups is 1. The summed E-state index contributed by atoms with van der Waals surface area (Å²) < 4.78 is 18.9. The predicted molar refractivity (Wildman–Crippen MR) is 120 cm³/mol. The van der Waals surface area contributed by atoms with Gasteiger partial charge in [-0.05, 0) is 53.6 Å². The number of amides is 1. The number of hydrogen-bond acceptors (Lipinski definition) is 3. The Kier molecular flexibility index (Phi) is 6.85. The Hall–Kier alpha value is -2.89. The molecule has 0 saturated carbocycles.